The molecule has 36 heavy (non-hydrogen) atoms. The molecule has 4 rings (SSSR count). The minimum atomic E-state index is 0. The van der Waals surface area contributed by atoms with Gasteiger partial charge in [-0.2, -0.15) is 0 Å². The lowest BCUT2D eigenvalue weighted by Gasteiger charge is -2.43. The summed E-state index contributed by atoms with van der Waals surface area (Å²) in [6.45, 7) is 6.40. The van der Waals surface area contributed by atoms with Crippen molar-refractivity contribution < 1.29 is 14.2 Å². The molecule has 3 aromatic carbocycles. The molecule has 0 fully saturated rings. The Morgan fingerprint density at radius 2 is 1.56 bits per heavy atom. The first-order chi connectivity index (χ1) is 16.6. The molecule has 1 aliphatic rings. The number of benzene rings is 3. The zero-order valence-corrected chi connectivity index (χ0v) is 23.7. The van der Waals surface area contributed by atoms with Crippen molar-refractivity contribution in [3.05, 3.63) is 65.7 Å². The highest BCUT2D eigenvalue weighted by Gasteiger charge is 2.30. The molecule has 0 saturated carbocycles. The minimum absolute atomic E-state index is 0. The number of hydrogen-bond acceptors (Lipinski definition) is 5. The molecule has 0 saturated heterocycles. The first-order valence-corrected chi connectivity index (χ1v) is 12.4. The van der Waals surface area contributed by atoms with Crippen LogP contribution < -0.4 is 14.2 Å². The number of fused-ring (bicyclic) bond motifs is 2. The Morgan fingerprint density at radius 3 is 2.19 bits per heavy atom. The van der Waals surface area contributed by atoms with E-state index in [2.05, 4.69) is 85.3 Å². The van der Waals surface area contributed by atoms with E-state index in [4.69, 9.17) is 14.2 Å². The smallest absolute Gasteiger partial charge is 0.161 e. The molecular weight excluding hydrogens is 495 g/mol. The maximum absolute atomic E-state index is 6.60. The van der Waals surface area contributed by atoms with Crippen LogP contribution in [0.4, 0.5) is 0 Å². The van der Waals surface area contributed by atoms with Crippen LogP contribution in [0.1, 0.15) is 44.2 Å². The molecule has 0 amide bonds. The van der Waals surface area contributed by atoms with E-state index < -0.39 is 0 Å². The van der Waals surface area contributed by atoms with Crippen LogP contribution >= 0.6 is 24.8 Å². The van der Waals surface area contributed by atoms with Crippen LogP contribution in [0.25, 0.3) is 10.8 Å². The van der Waals surface area contributed by atoms with Crippen LogP contribution in [-0.4, -0.2) is 50.0 Å². The third-order valence-electron chi connectivity index (χ3n) is 6.99. The number of hydrogen-bond donors (Lipinski definition) is 0. The van der Waals surface area contributed by atoms with Crippen molar-refractivity contribution >= 4 is 35.6 Å². The second kappa shape index (κ2) is 13.9. The standard InChI is InChI=1S/C29H38N2O3.2ClH/c1-6-10-29(34-25-14-13-21-11-8-9-12-22(21)17-25)30(3)28(7-2)31-16-15-23-18-26(32-4)27(33-5)19-24(23)20-31;;/h8-9,11-14,17-19,28-29H,6-7,10,15-16,20H2,1-5H3;2*1H. The molecule has 7 heteroatoms. The van der Waals surface area contributed by atoms with Gasteiger partial charge in [0.1, 0.15) is 5.75 Å². The summed E-state index contributed by atoms with van der Waals surface area (Å²) in [6, 6.07) is 19.1. The second-order valence-electron chi connectivity index (χ2n) is 9.12. The molecule has 0 aliphatic carbocycles. The minimum Gasteiger partial charge on any atom is -0.493 e. The van der Waals surface area contributed by atoms with Crippen LogP contribution in [0.5, 0.6) is 17.2 Å². The van der Waals surface area contributed by atoms with Crippen LogP contribution in [0.2, 0.25) is 0 Å². The van der Waals surface area contributed by atoms with E-state index in [0.29, 0.717) is 6.17 Å². The largest absolute Gasteiger partial charge is 0.493 e. The summed E-state index contributed by atoms with van der Waals surface area (Å²) < 4.78 is 17.7. The third kappa shape index (κ3) is 6.57. The van der Waals surface area contributed by atoms with Crippen molar-refractivity contribution in [1.29, 1.82) is 0 Å². The number of rotatable bonds is 10. The molecular formula is C29H40Cl2N2O3. The van der Waals surface area contributed by atoms with Crippen molar-refractivity contribution in [1.82, 2.24) is 9.80 Å². The molecule has 0 spiro atoms. The number of ether oxygens (including phenoxy) is 3. The lowest BCUT2D eigenvalue weighted by molar-refractivity contribution is -0.0558. The highest BCUT2D eigenvalue weighted by atomic mass is 35.5. The van der Waals surface area contributed by atoms with Crippen molar-refractivity contribution in [3.63, 3.8) is 0 Å². The summed E-state index contributed by atoms with van der Waals surface area (Å²) in [6.07, 6.45) is 4.39. The van der Waals surface area contributed by atoms with Gasteiger partial charge in [0.05, 0.1) is 20.4 Å². The Balaban J connectivity index is 0.00000228. The van der Waals surface area contributed by atoms with Gasteiger partial charge in [-0.15, -0.1) is 24.8 Å². The highest BCUT2D eigenvalue weighted by Crippen LogP contribution is 2.34. The van der Waals surface area contributed by atoms with E-state index in [1.165, 1.54) is 21.9 Å². The SMILES string of the molecule is CCCC(Oc1ccc2ccccc2c1)N(C)C(CC)N1CCc2cc(OC)c(OC)cc2C1.Cl.Cl. The van der Waals surface area contributed by atoms with Crippen molar-refractivity contribution in [2.45, 2.75) is 58.5 Å². The molecule has 2 atom stereocenters. The monoisotopic (exact) mass is 534 g/mol. The third-order valence-corrected chi connectivity index (χ3v) is 6.99. The molecule has 0 N–H and O–H groups in total. The lowest BCUT2D eigenvalue weighted by Crippen LogP contribution is -2.53. The number of nitrogens with zero attached hydrogens (tertiary/aromatic N) is 2. The fraction of sp³-hybridized carbons (Fsp3) is 0.448. The van der Waals surface area contributed by atoms with Gasteiger partial charge in [-0.05, 0) is 72.5 Å². The van der Waals surface area contributed by atoms with Crippen LogP contribution in [0, 0.1) is 0 Å². The second-order valence-corrected chi connectivity index (χ2v) is 9.12. The Bertz CT molecular complexity index is 1110. The van der Waals surface area contributed by atoms with Gasteiger partial charge in [0, 0.05) is 13.1 Å². The number of methoxy groups -OCH3 is 2. The summed E-state index contributed by atoms with van der Waals surface area (Å²) in [5, 5.41) is 2.45. The molecule has 0 radical (unpaired) electrons. The van der Waals surface area contributed by atoms with Gasteiger partial charge in [-0.3, -0.25) is 9.80 Å². The molecule has 0 bridgehead atoms. The first-order valence-electron chi connectivity index (χ1n) is 12.4. The van der Waals surface area contributed by atoms with E-state index in [-0.39, 0.29) is 31.0 Å². The van der Waals surface area contributed by atoms with E-state index in [1.54, 1.807) is 14.2 Å². The number of halogens is 2. The predicted molar refractivity (Wildman–Crippen MR) is 153 cm³/mol. The predicted octanol–water partition coefficient (Wildman–Crippen LogP) is 6.93. The summed E-state index contributed by atoms with van der Waals surface area (Å²) >= 11 is 0. The highest BCUT2D eigenvalue weighted by molar-refractivity contribution is 5.85. The molecule has 1 aliphatic heterocycles. The quantitative estimate of drug-likeness (QED) is 0.263. The average molecular weight is 536 g/mol. The van der Waals surface area contributed by atoms with E-state index in [9.17, 15) is 0 Å². The van der Waals surface area contributed by atoms with E-state index in [0.717, 1.165) is 56.0 Å². The summed E-state index contributed by atoms with van der Waals surface area (Å²) in [5.74, 6) is 2.54. The van der Waals surface area contributed by atoms with Gasteiger partial charge in [-0.25, -0.2) is 0 Å². The maximum atomic E-state index is 6.60. The zero-order valence-electron chi connectivity index (χ0n) is 22.0. The Kier molecular flexibility index (Phi) is 11.6. The Morgan fingerprint density at radius 1 is 0.889 bits per heavy atom. The van der Waals surface area contributed by atoms with Gasteiger partial charge in [0.2, 0.25) is 0 Å². The Hall–Kier alpha value is -2.18. The normalized spacial score (nSPS) is 14.8. The van der Waals surface area contributed by atoms with Gasteiger partial charge >= 0.3 is 0 Å². The van der Waals surface area contributed by atoms with E-state index in [1.807, 2.05) is 0 Å². The Labute approximate surface area is 228 Å². The fourth-order valence-electron chi connectivity index (χ4n) is 5.15. The van der Waals surface area contributed by atoms with Gasteiger partial charge in [0.25, 0.3) is 0 Å². The van der Waals surface area contributed by atoms with Crippen molar-refractivity contribution in [2.75, 3.05) is 27.8 Å². The summed E-state index contributed by atoms with van der Waals surface area (Å²) in [7, 11) is 5.61. The van der Waals surface area contributed by atoms with Crippen LogP contribution in [-0.2, 0) is 13.0 Å². The summed E-state index contributed by atoms with van der Waals surface area (Å²) in [5.41, 5.74) is 2.67. The molecule has 198 valence electrons. The molecule has 1 heterocycles. The van der Waals surface area contributed by atoms with Gasteiger partial charge in [-0.1, -0.05) is 50.6 Å². The van der Waals surface area contributed by atoms with E-state index >= 15 is 0 Å². The van der Waals surface area contributed by atoms with Crippen LogP contribution in [0.15, 0.2) is 54.6 Å². The molecule has 3 aromatic rings. The van der Waals surface area contributed by atoms with Gasteiger partial charge < -0.3 is 14.2 Å². The average Bonchev–Trinajstić information content (AvgIpc) is 2.87. The fourth-order valence-corrected chi connectivity index (χ4v) is 5.15. The molecule has 2 unspecified atom stereocenters. The lowest BCUT2D eigenvalue weighted by atomic mass is 9.98. The topological polar surface area (TPSA) is 34.2 Å². The molecule has 5 nitrogen and oxygen atoms in total. The molecule has 0 aromatic heterocycles. The zero-order chi connectivity index (χ0) is 24.1. The van der Waals surface area contributed by atoms with Crippen molar-refractivity contribution in [2.24, 2.45) is 0 Å². The van der Waals surface area contributed by atoms with Crippen LogP contribution in [0.3, 0.4) is 0 Å². The van der Waals surface area contributed by atoms with Gasteiger partial charge in [0.15, 0.2) is 17.7 Å². The van der Waals surface area contributed by atoms with Crippen molar-refractivity contribution in [3.8, 4) is 17.2 Å². The first kappa shape index (κ1) is 30.0. The summed E-state index contributed by atoms with van der Waals surface area (Å²) in [4.78, 5) is 4.99. The maximum Gasteiger partial charge on any atom is 0.161 e.